The number of hydrogen-bond donors (Lipinski definition) is 2. The zero-order valence-corrected chi connectivity index (χ0v) is 21.7. The molecule has 0 bridgehead atoms. The number of aliphatic hydroxyl groups is 1. The highest BCUT2D eigenvalue weighted by Crippen LogP contribution is 2.40. The van der Waals surface area contributed by atoms with Gasteiger partial charge in [0.1, 0.15) is 11.4 Å². The summed E-state index contributed by atoms with van der Waals surface area (Å²) >= 11 is 0. The van der Waals surface area contributed by atoms with Crippen molar-refractivity contribution in [2.45, 2.75) is 24.3 Å². The molecule has 5 aromatic carbocycles. The van der Waals surface area contributed by atoms with Gasteiger partial charge in [0.2, 0.25) is 0 Å². The summed E-state index contributed by atoms with van der Waals surface area (Å²) in [5.41, 5.74) is 3.88. The number of rotatable bonds is 11. The SMILES string of the molecule is O[C@@H](COC(c1ccccc1)(c1ccccc1)c1ccccc1)[C@H](NCc1ccc(F)cc1)c1ccccc1. The number of aliphatic hydroxyl groups excluding tert-OH is 1. The normalized spacial score (nSPS) is 13.1. The van der Waals surface area contributed by atoms with E-state index in [0.717, 1.165) is 27.8 Å². The Hall–Kier alpha value is -4.09. The Labute approximate surface area is 229 Å². The van der Waals surface area contributed by atoms with Crippen LogP contribution in [0.2, 0.25) is 0 Å². The molecule has 0 saturated heterocycles. The van der Waals surface area contributed by atoms with E-state index < -0.39 is 17.7 Å². The molecular formula is C35H32FNO2. The van der Waals surface area contributed by atoms with Crippen molar-refractivity contribution >= 4 is 0 Å². The van der Waals surface area contributed by atoms with E-state index >= 15 is 0 Å². The Morgan fingerprint density at radius 2 is 1.05 bits per heavy atom. The maximum Gasteiger partial charge on any atom is 0.143 e. The van der Waals surface area contributed by atoms with Crippen LogP contribution >= 0.6 is 0 Å². The maximum atomic E-state index is 13.4. The quantitative estimate of drug-likeness (QED) is 0.185. The number of ether oxygens (including phenoxy) is 1. The third-order valence-electron chi connectivity index (χ3n) is 6.99. The lowest BCUT2D eigenvalue weighted by Gasteiger charge is -2.37. The van der Waals surface area contributed by atoms with Crippen LogP contribution in [0.15, 0.2) is 146 Å². The molecule has 0 radical (unpaired) electrons. The fourth-order valence-electron chi connectivity index (χ4n) is 5.04. The molecule has 2 atom stereocenters. The van der Waals surface area contributed by atoms with Crippen LogP contribution in [0.3, 0.4) is 0 Å². The van der Waals surface area contributed by atoms with Crippen molar-refractivity contribution in [2.24, 2.45) is 0 Å². The maximum absolute atomic E-state index is 13.4. The molecule has 2 N–H and O–H groups in total. The lowest BCUT2D eigenvalue weighted by molar-refractivity contribution is -0.0492. The zero-order valence-electron chi connectivity index (χ0n) is 21.7. The van der Waals surface area contributed by atoms with Crippen LogP contribution in [0.5, 0.6) is 0 Å². The van der Waals surface area contributed by atoms with Crippen molar-refractivity contribution in [3.8, 4) is 0 Å². The van der Waals surface area contributed by atoms with Gasteiger partial charge in [-0.2, -0.15) is 0 Å². The third-order valence-corrected chi connectivity index (χ3v) is 6.99. The first-order chi connectivity index (χ1) is 19.2. The van der Waals surface area contributed by atoms with E-state index in [1.54, 1.807) is 12.1 Å². The van der Waals surface area contributed by atoms with Gasteiger partial charge in [-0.1, -0.05) is 133 Å². The number of hydrogen-bond acceptors (Lipinski definition) is 3. The van der Waals surface area contributed by atoms with Gasteiger partial charge >= 0.3 is 0 Å². The van der Waals surface area contributed by atoms with E-state index in [0.29, 0.717) is 6.54 Å². The molecule has 0 unspecified atom stereocenters. The second-order valence-corrected chi connectivity index (χ2v) is 9.55. The lowest BCUT2D eigenvalue weighted by Crippen LogP contribution is -2.40. The van der Waals surface area contributed by atoms with E-state index in [1.165, 1.54) is 12.1 Å². The fourth-order valence-corrected chi connectivity index (χ4v) is 5.04. The molecule has 3 nitrogen and oxygen atoms in total. The number of nitrogens with one attached hydrogen (secondary N) is 1. The smallest absolute Gasteiger partial charge is 0.143 e. The molecule has 39 heavy (non-hydrogen) atoms. The molecule has 0 aliphatic rings. The molecule has 4 heteroatoms. The molecule has 5 aromatic rings. The van der Waals surface area contributed by atoms with Gasteiger partial charge in [-0.05, 0) is 39.9 Å². The van der Waals surface area contributed by atoms with E-state index in [-0.39, 0.29) is 12.4 Å². The van der Waals surface area contributed by atoms with Crippen LogP contribution in [0.1, 0.15) is 33.9 Å². The summed E-state index contributed by atoms with van der Waals surface area (Å²) < 4.78 is 20.3. The second-order valence-electron chi connectivity index (χ2n) is 9.55. The first-order valence-corrected chi connectivity index (χ1v) is 13.2. The van der Waals surface area contributed by atoms with Crippen molar-refractivity contribution < 1.29 is 14.2 Å². The number of halogens is 1. The molecule has 5 rings (SSSR count). The summed E-state index contributed by atoms with van der Waals surface area (Å²) in [5, 5.41) is 15.1. The largest absolute Gasteiger partial charge is 0.389 e. The van der Waals surface area contributed by atoms with Crippen molar-refractivity contribution in [2.75, 3.05) is 6.61 Å². The van der Waals surface area contributed by atoms with Crippen LogP contribution in [0.4, 0.5) is 4.39 Å². The average Bonchev–Trinajstić information content (AvgIpc) is 3.01. The third kappa shape index (κ3) is 6.15. The van der Waals surface area contributed by atoms with Crippen LogP contribution in [-0.4, -0.2) is 17.8 Å². The minimum atomic E-state index is -0.928. The van der Waals surface area contributed by atoms with Gasteiger partial charge in [0, 0.05) is 6.54 Å². The molecule has 0 amide bonds. The van der Waals surface area contributed by atoms with E-state index in [2.05, 4.69) is 41.7 Å². The van der Waals surface area contributed by atoms with E-state index in [1.807, 2.05) is 84.9 Å². The minimum absolute atomic E-state index is 0.0641. The van der Waals surface area contributed by atoms with Gasteiger partial charge in [0.05, 0.1) is 18.8 Å². The van der Waals surface area contributed by atoms with Crippen LogP contribution in [0.25, 0.3) is 0 Å². The Kier molecular flexibility index (Phi) is 8.59. The van der Waals surface area contributed by atoms with Crippen molar-refractivity contribution in [3.63, 3.8) is 0 Å². The van der Waals surface area contributed by atoms with E-state index in [4.69, 9.17) is 4.74 Å². The average molecular weight is 518 g/mol. The Balaban J connectivity index is 1.49. The molecule has 0 saturated carbocycles. The van der Waals surface area contributed by atoms with Crippen molar-refractivity contribution in [1.29, 1.82) is 0 Å². The van der Waals surface area contributed by atoms with Crippen molar-refractivity contribution in [1.82, 2.24) is 5.32 Å². The summed E-state index contributed by atoms with van der Waals surface area (Å²) in [6, 6.07) is 46.2. The van der Waals surface area contributed by atoms with Gasteiger partial charge in [0.25, 0.3) is 0 Å². The fraction of sp³-hybridized carbons (Fsp3) is 0.143. The second kappa shape index (κ2) is 12.6. The minimum Gasteiger partial charge on any atom is -0.389 e. The number of benzene rings is 5. The molecule has 0 aromatic heterocycles. The van der Waals surface area contributed by atoms with Gasteiger partial charge in [-0.25, -0.2) is 4.39 Å². The molecule has 0 fully saturated rings. The van der Waals surface area contributed by atoms with Gasteiger partial charge in [-0.3, -0.25) is 0 Å². The topological polar surface area (TPSA) is 41.5 Å². The summed E-state index contributed by atoms with van der Waals surface area (Å²) in [6.07, 6.45) is -0.872. The van der Waals surface area contributed by atoms with Crippen molar-refractivity contribution in [3.05, 3.63) is 179 Å². The lowest BCUT2D eigenvalue weighted by atomic mass is 9.80. The van der Waals surface area contributed by atoms with Gasteiger partial charge in [-0.15, -0.1) is 0 Å². The van der Waals surface area contributed by atoms with Crippen LogP contribution < -0.4 is 5.32 Å². The summed E-state index contributed by atoms with van der Waals surface area (Å²) in [6.45, 7) is 0.534. The Morgan fingerprint density at radius 3 is 1.51 bits per heavy atom. The monoisotopic (exact) mass is 517 g/mol. The van der Waals surface area contributed by atoms with E-state index in [9.17, 15) is 9.50 Å². The zero-order chi connectivity index (χ0) is 26.9. The van der Waals surface area contributed by atoms with Crippen LogP contribution in [0, 0.1) is 5.82 Å². The van der Waals surface area contributed by atoms with Gasteiger partial charge < -0.3 is 15.2 Å². The summed E-state index contributed by atoms with van der Waals surface area (Å²) in [7, 11) is 0. The van der Waals surface area contributed by atoms with Gasteiger partial charge in [0.15, 0.2) is 0 Å². The Bertz CT molecular complexity index is 1320. The molecule has 0 aliphatic heterocycles. The Morgan fingerprint density at radius 1 is 0.615 bits per heavy atom. The molecule has 0 aliphatic carbocycles. The predicted octanol–water partition coefficient (Wildman–Crippen LogP) is 7.03. The molecular weight excluding hydrogens is 485 g/mol. The standard InChI is InChI=1S/C35H32FNO2/c36-32-23-21-27(22-24-32)25-37-34(28-13-5-1-6-14-28)33(38)26-39-35(29-15-7-2-8-16-29,30-17-9-3-10-18-30)31-19-11-4-12-20-31/h1-24,33-34,37-38H,25-26H2/t33-,34+/m0/s1. The molecule has 0 heterocycles. The highest BCUT2D eigenvalue weighted by atomic mass is 19.1. The first-order valence-electron chi connectivity index (χ1n) is 13.2. The summed E-state index contributed by atoms with van der Waals surface area (Å²) in [5.74, 6) is -0.272. The predicted molar refractivity (Wildman–Crippen MR) is 154 cm³/mol. The summed E-state index contributed by atoms with van der Waals surface area (Å²) in [4.78, 5) is 0. The highest BCUT2D eigenvalue weighted by molar-refractivity contribution is 5.47. The molecule has 0 spiro atoms. The first kappa shape index (κ1) is 26.5. The highest BCUT2D eigenvalue weighted by Gasteiger charge is 2.38. The van der Waals surface area contributed by atoms with Crippen LogP contribution in [-0.2, 0) is 16.9 Å². The molecule has 196 valence electrons.